The van der Waals surface area contributed by atoms with Crippen molar-refractivity contribution in [1.29, 1.82) is 0 Å². The summed E-state index contributed by atoms with van der Waals surface area (Å²) in [5.74, 6) is 0. The lowest BCUT2D eigenvalue weighted by atomic mass is 10.0. The van der Waals surface area contributed by atoms with Crippen LogP contribution in [-0.2, 0) is 15.9 Å². The van der Waals surface area contributed by atoms with Crippen LogP contribution >= 0.6 is 11.3 Å². The molecule has 26 heavy (non-hydrogen) atoms. The molecule has 1 aromatic carbocycles. The predicted octanol–water partition coefficient (Wildman–Crippen LogP) is 2.40. The highest BCUT2D eigenvalue weighted by Crippen LogP contribution is 2.23. The van der Waals surface area contributed by atoms with Gasteiger partial charge < -0.3 is 19.9 Å². The highest BCUT2D eigenvalue weighted by atomic mass is 32.1. The van der Waals surface area contributed by atoms with Gasteiger partial charge in [-0.15, -0.1) is 10.2 Å². The lowest BCUT2D eigenvalue weighted by Crippen LogP contribution is -2.37. The van der Waals surface area contributed by atoms with Crippen LogP contribution in [-0.4, -0.2) is 51.9 Å². The number of aliphatic hydroxyl groups is 1. The van der Waals surface area contributed by atoms with E-state index in [1.54, 1.807) is 26.3 Å². The molecule has 0 spiro atoms. The molecule has 2 aromatic rings. The molecule has 0 radical (unpaired) electrons. The molecule has 0 aliphatic carbocycles. The average Bonchev–Trinajstić information content (AvgIpc) is 3.20. The molecule has 3 rings (SSSR count). The minimum Gasteiger partial charge on any atom is -0.429 e. The first-order chi connectivity index (χ1) is 12.3. The van der Waals surface area contributed by atoms with E-state index in [0.717, 1.165) is 16.1 Å². The van der Waals surface area contributed by atoms with E-state index in [9.17, 15) is 9.90 Å². The summed E-state index contributed by atoms with van der Waals surface area (Å²) >= 11 is 1.49. The number of aliphatic hydroxyl groups excluding tert-OH is 1. The van der Waals surface area contributed by atoms with E-state index in [4.69, 9.17) is 9.47 Å². The van der Waals surface area contributed by atoms with Crippen molar-refractivity contribution in [2.24, 2.45) is 0 Å². The molecular formula is C18H23N3O4S. The van der Waals surface area contributed by atoms with Crippen LogP contribution in [0.15, 0.2) is 29.8 Å². The van der Waals surface area contributed by atoms with E-state index < -0.39 is 24.0 Å². The van der Waals surface area contributed by atoms with Crippen molar-refractivity contribution in [3.63, 3.8) is 0 Å². The van der Waals surface area contributed by atoms with Gasteiger partial charge in [0.05, 0.1) is 0 Å². The number of carbonyl (C=O) groups is 1. The van der Waals surface area contributed by atoms with Gasteiger partial charge in [0, 0.05) is 18.2 Å². The van der Waals surface area contributed by atoms with Gasteiger partial charge in [-0.1, -0.05) is 35.6 Å². The van der Waals surface area contributed by atoms with Crippen LogP contribution in [0.5, 0.6) is 0 Å². The lowest BCUT2D eigenvalue weighted by molar-refractivity contribution is -0.0486. The summed E-state index contributed by atoms with van der Waals surface area (Å²) in [6, 6.07) is 7.81. The summed E-state index contributed by atoms with van der Waals surface area (Å²) < 4.78 is 10.4. The SMILES string of the molecule is CC(C)(C)OC(=O)O[C@H]1CN[C@H](Cc2ccc(-c3nncs3)cc2)[C@@H]1O. The maximum atomic E-state index is 11.8. The van der Waals surface area contributed by atoms with Gasteiger partial charge in [-0.05, 0) is 32.8 Å². The quantitative estimate of drug-likeness (QED) is 0.790. The van der Waals surface area contributed by atoms with Crippen LogP contribution in [0.1, 0.15) is 26.3 Å². The van der Waals surface area contributed by atoms with Gasteiger partial charge in [-0.25, -0.2) is 4.79 Å². The highest BCUT2D eigenvalue weighted by molar-refractivity contribution is 7.12. The number of nitrogens with one attached hydrogen (secondary N) is 1. The number of hydrogen-bond acceptors (Lipinski definition) is 8. The minimum atomic E-state index is -0.787. The second-order valence-corrected chi connectivity index (χ2v) is 8.10. The first kappa shape index (κ1) is 18.8. The maximum Gasteiger partial charge on any atom is 0.509 e. The number of ether oxygens (including phenoxy) is 2. The molecule has 1 fully saturated rings. The zero-order valence-electron chi connectivity index (χ0n) is 15.0. The molecular weight excluding hydrogens is 354 g/mol. The molecule has 2 N–H and O–H groups in total. The Morgan fingerprint density at radius 3 is 2.69 bits per heavy atom. The molecule has 3 atom stereocenters. The number of aromatic nitrogens is 2. The molecule has 0 amide bonds. The normalized spacial score (nSPS) is 23.0. The third-order valence-corrected chi connectivity index (χ3v) is 4.77. The Kier molecular flexibility index (Phi) is 5.55. The number of benzene rings is 1. The molecule has 7 nitrogen and oxygen atoms in total. The van der Waals surface area contributed by atoms with Crippen molar-refractivity contribution in [3.05, 3.63) is 35.3 Å². The van der Waals surface area contributed by atoms with Crippen LogP contribution < -0.4 is 5.32 Å². The first-order valence-electron chi connectivity index (χ1n) is 8.48. The molecule has 1 aliphatic rings. The van der Waals surface area contributed by atoms with Gasteiger partial charge in [0.1, 0.15) is 28.3 Å². The van der Waals surface area contributed by atoms with Gasteiger partial charge >= 0.3 is 6.16 Å². The van der Waals surface area contributed by atoms with Crippen molar-refractivity contribution < 1.29 is 19.4 Å². The van der Waals surface area contributed by atoms with Crippen LogP contribution in [0.4, 0.5) is 4.79 Å². The van der Waals surface area contributed by atoms with Gasteiger partial charge in [0.15, 0.2) is 0 Å². The lowest BCUT2D eigenvalue weighted by Gasteiger charge is -2.22. The van der Waals surface area contributed by atoms with Crippen LogP contribution in [0.2, 0.25) is 0 Å². The number of carbonyl (C=O) groups excluding carboxylic acids is 1. The number of rotatable bonds is 4. The Morgan fingerprint density at radius 2 is 2.08 bits per heavy atom. The minimum absolute atomic E-state index is 0.185. The van der Waals surface area contributed by atoms with E-state index in [1.165, 1.54) is 11.3 Å². The number of hydrogen-bond donors (Lipinski definition) is 2. The van der Waals surface area contributed by atoms with E-state index in [0.29, 0.717) is 13.0 Å². The summed E-state index contributed by atoms with van der Waals surface area (Å²) in [4.78, 5) is 11.8. The molecule has 1 aromatic heterocycles. The van der Waals surface area contributed by atoms with Gasteiger partial charge in [0.2, 0.25) is 0 Å². The van der Waals surface area contributed by atoms with Gasteiger partial charge in [-0.2, -0.15) is 0 Å². The van der Waals surface area contributed by atoms with Crippen molar-refractivity contribution in [3.8, 4) is 10.6 Å². The summed E-state index contributed by atoms with van der Waals surface area (Å²) in [5, 5.41) is 22.4. The zero-order chi connectivity index (χ0) is 18.7. The van der Waals surface area contributed by atoms with Crippen molar-refractivity contribution in [2.75, 3.05) is 6.54 Å². The fraction of sp³-hybridized carbons (Fsp3) is 0.500. The Labute approximate surface area is 156 Å². The summed E-state index contributed by atoms with van der Waals surface area (Å²) in [6.07, 6.45) is -1.53. The van der Waals surface area contributed by atoms with E-state index >= 15 is 0 Å². The van der Waals surface area contributed by atoms with Gasteiger partial charge in [-0.3, -0.25) is 0 Å². The molecule has 0 saturated carbocycles. The monoisotopic (exact) mass is 377 g/mol. The Bertz CT molecular complexity index is 728. The van der Waals surface area contributed by atoms with Crippen LogP contribution in [0, 0.1) is 0 Å². The summed E-state index contributed by atoms with van der Waals surface area (Å²) in [5.41, 5.74) is 3.17. The summed E-state index contributed by atoms with van der Waals surface area (Å²) in [6.45, 7) is 5.71. The van der Waals surface area contributed by atoms with Crippen molar-refractivity contribution in [2.45, 2.75) is 51.0 Å². The Balaban J connectivity index is 1.55. The molecule has 0 bridgehead atoms. The molecule has 0 unspecified atom stereocenters. The van der Waals surface area contributed by atoms with Gasteiger partial charge in [0.25, 0.3) is 0 Å². The van der Waals surface area contributed by atoms with Crippen molar-refractivity contribution >= 4 is 17.5 Å². The van der Waals surface area contributed by atoms with Crippen molar-refractivity contribution in [1.82, 2.24) is 15.5 Å². The molecule has 8 heteroatoms. The Morgan fingerprint density at radius 1 is 1.35 bits per heavy atom. The molecule has 1 saturated heterocycles. The fourth-order valence-corrected chi connectivity index (χ4v) is 3.37. The van der Waals surface area contributed by atoms with Crippen LogP contribution in [0.25, 0.3) is 10.6 Å². The molecule has 140 valence electrons. The molecule has 2 heterocycles. The third-order valence-electron chi connectivity index (χ3n) is 4.03. The predicted molar refractivity (Wildman–Crippen MR) is 98.0 cm³/mol. The molecule has 1 aliphatic heterocycles. The fourth-order valence-electron chi connectivity index (χ4n) is 2.81. The second-order valence-electron chi connectivity index (χ2n) is 7.27. The van der Waals surface area contributed by atoms with Crippen LogP contribution in [0.3, 0.4) is 0 Å². The topological polar surface area (TPSA) is 93.6 Å². The second kappa shape index (κ2) is 7.69. The smallest absolute Gasteiger partial charge is 0.429 e. The summed E-state index contributed by atoms with van der Waals surface area (Å²) in [7, 11) is 0. The maximum absolute atomic E-state index is 11.8. The Hall–Kier alpha value is -2.03. The third kappa shape index (κ3) is 4.78. The van der Waals surface area contributed by atoms with E-state index in [-0.39, 0.29) is 6.04 Å². The average molecular weight is 377 g/mol. The standard InChI is InChI=1S/C18H23N3O4S/c1-18(2,3)25-17(23)24-14-9-19-13(15(14)22)8-11-4-6-12(7-5-11)16-21-20-10-26-16/h4-7,10,13-15,19,22H,8-9H2,1-3H3/t13-,14+,15+/m1/s1. The van der Waals surface area contributed by atoms with E-state index in [1.807, 2.05) is 24.3 Å². The largest absolute Gasteiger partial charge is 0.509 e. The van der Waals surface area contributed by atoms with E-state index in [2.05, 4.69) is 15.5 Å². The number of nitrogens with zero attached hydrogens (tertiary/aromatic N) is 2. The zero-order valence-corrected chi connectivity index (χ0v) is 15.8. The highest BCUT2D eigenvalue weighted by Gasteiger charge is 2.37. The first-order valence-corrected chi connectivity index (χ1v) is 9.36.